The summed E-state index contributed by atoms with van der Waals surface area (Å²) < 4.78 is 18.3. The lowest BCUT2D eigenvalue weighted by Gasteiger charge is -2.06. The minimum atomic E-state index is -0.838. The summed E-state index contributed by atoms with van der Waals surface area (Å²) in [6.45, 7) is 1.23. The quantitative estimate of drug-likeness (QED) is 0.370. The molecule has 0 bridgehead atoms. The van der Waals surface area contributed by atoms with E-state index in [1.165, 1.54) is 6.08 Å². The molecule has 1 N–H and O–H groups in total. The van der Waals surface area contributed by atoms with Crippen LogP contribution in [-0.2, 0) is 14.3 Å². The summed E-state index contributed by atoms with van der Waals surface area (Å²) in [5, 5.41) is 12.8. The summed E-state index contributed by atoms with van der Waals surface area (Å²) >= 11 is 0. The number of non-ortho nitro benzene ring substituents is 1. The minimum Gasteiger partial charge on any atom is -0.452 e. The van der Waals surface area contributed by atoms with Crippen molar-refractivity contribution < 1.29 is 23.6 Å². The molecule has 8 heteroatoms. The maximum absolute atomic E-state index is 13.6. The van der Waals surface area contributed by atoms with E-state index in [1.807, 2.05) is 31.2 Å². The largest absolute Gasteiger partial charge is 0.452 e. The molecule has 7 nitrogen and oxygen atoms in total. The van der Waals surface area contributed by atoms with Crippen molar-refractivity contribution in [3.8, 4) is 0 Å². The van der Waals surface area contributed by atoms with Crippen molar-refractivity contribution in [2.24, 2.45) is 0 Å². The summed E-state index contributed by atoms with van der Waals surface area (Å²) in [7, 11) is 0. The smallest absolute Gasteiger partial charge is 0.331 e. The van der Waals surface area contributed by atoms with Gasteiger partial charge < -0.3 is 10.1 Å². The second-order valence-electron chi connectivity index (χ2n) is 5.27. The Morgan fingerprint density at radius 3 is 2.69 bits per heavy atom. The summed E-state index contributed by atoms with van der Waals surface area (Å²) in [5.41, 5.74) is 1.05. The highest BCUT2D eigenvalue weighted by atomic mass is 19.1. The Morgan fingerprint density at radius 2 is 2.00 bits per heavy atom. The fourth-order valence-corrected chi connectivity index (χ4v) is 2.03. The van der Waals surface area contributed by atoms with E-state index in [-0.39, 0.29) is 11.4 Å². The SMILES string of the molecule is Cc1ccccc1/C=C/C(=O)OCC(=O)Nc1cc([N+](=O)[O-])ccc1F. The van der Waals surface area contributed by atoms with E-state index in [2.05, 4.69) is 5.32 Å². The van der Waals surface area contributed by atoms with Gasteiger partial charge in [0, 0.05) is 18.2 Å². The lowest BCUT2D eigenvalue weighted by molar-refractivity contribution is -0.384. The number of hydrogen-bond donors (Lipinski definition) is 1. The summed E-state index contributed by atoms with van der Waals surface area (Å²) in [6.07, 6.45) is 2.72. The number of nitro benzene ring substituents is 1. The number of nitrogens with zero attached hydrogens (tertiary/aromatic N) is 1. The fraction of sp³-hybridized carbons (Fsp3) is 0.111. The number of rotatable bonds is 6. The van der Waals surface area contributed by atoms with Crippen molar-refractivity contribution in [1.82, 2.24) is 0 Å². The molecule has 0 saturated carbocycles. The van der Waals surface area contributed by atoms with Gasteiger partial charge in [-0.25, -0.2) is 9.18 Å². The number of carbonyl (C=O) groups excluding carboxylic acids is 2. The topological polar surface area (TPSA) is 98.5 Å². The van der Waals surface area contributed by atoms with Crippen molar-refractivity contribution in [2.45, 2.75) is 6.92 Å². The number of esters is 1. The number of hydrogen-bond acceptors (Lipinski definition) is 5. The van der Waals surface area contributed by atoms with Gasteiger partial charge in [-0.2, -0.15) is 0 Å². The number of nitro groups is 1. The predicted molar refractivity (Wildman–Crippen MR) is 92.9 cm³/mol. The van der Waals surface area contributed by atoms with Crippen molar-refractivity contribution in [3.63, 3.8) is 0 Å². The highest BCUT2D eigenvalue weighted by Crippen LogP contribution is 2.21. The number of halogens is 1. The molecule has 0 aliphatic heterocycles. The number of nitrogens with one attached hydrogen (secondary N) is 1. The van der Waals surface area contributed by atoms with Crippen LogP contribution in [-0.4, -0.2) is 23.4 Å². The zero-order valence-electron chi connectivity index (χ0n) is 13.8. The van der Waals surface area contributed by atoms with Gasteiger partial charge in [0.05, 0.1) is 10.6 Å². The van der Waals surface area contributed by atoms with E-state index in [0.717, 1.165) is 29.3 Å². The lowest BCUT2D eigenvalue weighted by Crippen LogP contribution is -2.20. The lowest BCUT2D eigenvalue weighted by atomic mass is 10.1. The van der Waals surface area contributed by atoms with Crippen LogP contribution in [0.2, 0.25) is 0 Å². The number of anilines is 1. The van der Waals surface area contributed by atoms with Gasteiger partial charge >= 0.3 is 5.97 Å². The van der Waals surface area contributed by atoms with Gasteiger partial charge in [0.15, 0.2) is 6.61 Å². The first kappa shape index (κ1) is 18.8. The van der Waals surface area contributed by atoms with E-state index >= 15 is 0 Å². The minimum absolute atomic E-state index is 0.365. The van der Waals surface area contributed by atoms with Crippen molar-refractivity contribution in [2.75, 3.05) is 11.9 Å². The zero-order valence-corrected chi connectivity index (χ0v) is 13.8. The van der Waals surface area contributed by atoms with Gasteiger partial charge in [-0.3, -0.25) is 14.9 Å². The van der Waals surface area contributed by atoms with Crippen molar-refractivity contribution in [1.29, 1.82) is 0 Å². The first-order chi connectivity index (χ1) is 12.4. The second kappa shape index (κ2) is 8.52. The molecule has 0 aromatic heterocycles. The molecule has 0 saturated heterocycles. The van der Waals surface area contributed by atoms with E-state index in [9.17, 15) is 24.1 Å². The van der Waals surface area contributed by atoms with Crippen LogP contribution in [0.4, 0.5) is 15.8 Å². The molecule has 2 aromatic rings. The Labute approximate surface area is 148 Å². The first-order valence-corrected chi connectivity index (χ1v) is 7.51. The molecule has 2 rings (SSSR count). The van der Waals surface area contributed by atoms with Crippen LogP contribution in [0.25, 0.3) is 6.08 Å². The maximum atomic E-state index is 13.6. The first-order valence-electron chi connectivity index (χ1n) is 7.51. The fourth-order valence-electron chi connectivity index (χ4n) is 2.03. The normalized spacial score (nSPS) is 10.5. The van der Waals surface area contributed by atoms with Crippen LogP contribution >= 0.6 is 0 Å². The van der Waals surface area contributed by atoms with E-state index in [0.29, 0.717) is 0 Å². The molecule has 0 unspecified atom stereocenters. The van der Waals surface area contributed by atoms with Gasteiger partial charge in [0.1, 0.15) is 5.82 Å². The molecule has 0 heterocycles. The number of ether oxygens (including phenoxy) is 1. The Kier molecular flexibility index (Phi) is 6.15. The standard InChI is InChI=1S/C18H15FN2O5/c1-12-4-2-3-5-13(12)6-9-18(23)26-11-17(22)20-16-10-14(21(24)25)7-8-15(16)19/h2-10H,11H2,1H3,(H,20,22)/b9-6+. The average Bonchev–Trinajstić information content (AvgIpc) is 2.61. The molecule has 0 aliphatic rings. The molecule has 134 valence electrons. The number of amides is 1. The molecular formula is C18H15FN2O5. The third-order valence-corrected chi connectivity index (χ3v) is 3.37. The third kappa shape index (κ3) is 5.23. The van der Waals surface area contributed by atoms with Crippen molar-refractivity contribution in [3.05, 3.63) is 75.6 Å². The van der Waals surface area contributed by atoms with Crippen molar-refractivity contribution >= 4 is 29.3 Å². The van der Waals surface area contributed by atoms with Crippen LogP contribution in [0.1, 0.15) is 11.1 Å². The van der Waals surface area contributed by atoms with Crippen LogP contribution in [0.3, 0.4) is 0 Å². The van der Waals surface area contributed by atoms with Crippen LogP contribution in [0.15, 0.2) is 48.5 Å². The monoisotopic (exact) mass is 358 g/mol. The summed E-state index contributed by atoms with van der Waals surface area (Å²) in [5.74, 6) is -2.40. The Balaban J connectivity index is 1.91. The second-order valence-corrected chi connectivity index (χ2v) is 5.27. The molecule has 26 heavy (non-hydrogen) atoms. The van der Waals surface area contributed by atoms with Gasteiger partial charge in [-0.05, 0) is 30.2 Å². The van der Waals surface area contributed by atoms with Gasteiger partial charge in [0.25, 0.3) is 11.6 Å². The highest BCUT2D eigenvalue weighted by molar-refractivity contribution is 5.95. The van der Waals surface area contributed by atoms with E-state index in [4.69, 9.17) is 4.74 Å². The molecule has 1 amide bonds. The molecule has 0 radical (unpaired) electrons. The number of benzene rings is 2. The zero-order chi connectivity index (χ0) is 19.1. The van der Waals surface area contributed by atoms with E-state index in [1.54, 1.807) is 6.08 Å². The average molecular weight is 358 g/mol. The molecule has 0 spiro atoms. The summed E-state index contributed by atoms with van der Waals surface area (Å²) in [4.78, 5) is 33.3. The van der Waals surface area contributed by atoms with Crippen LogP contribution in [0.5, 0.6) is 0 Å². The number of carbonyl (C=O) groups is 2. The van der Waals surface area contributed by atoms with Crippen LogP contribution < -0.4 is 5.32 Å². The predicted octanol–water partition coefficient (Wildman–Crippen LogP) is 3.24. The molecule has 0 aliphatic carbocycles. The molecule has 2 aromatic carbocycles. The van der Waals surface area contributed by atoms with Gasteiger partial charge in [-0.15, -0.1) is 0 Å². The van der Waals surface area contributed by atoms with Crippen LogP contribution in [0, 0.1) is 22.9 Å². The molecular weight excluding hydrogens is 343 g/mol. The highest BCUT2D eigenvalue weighted by Gasteiger charge is 2.14. The molecule has 0 fully saturated rings. The van der Waals surface area contributed by atoms with E-state index < -0.39 is 29.2 Å². The Hall–Kier alpha value is -3.55. The van der Waals surface area contributed by atoms with Gasteiger partial charge in [0.2, 0.25) is 0 Å². The Morgan fingerprint density at radius 1 is 1.27 bits per heavy atom. The summed E-state index contributed by atoms with van der Waals surface area (Å²) in [6, 6.07) is 10.1. The molecule has 0 atom stereocenters. The maximum Gasteiger partial charge on any atom is 0.331 e. The number of aryl methyl sites for hydroxylation is 1. The Bertz CT molecular complexity index is 880. The third-order valence-electron chi connectivity index (χ3n) is 3.37. The van der Waals surface area contributed by atoms with Gasteiger partial charge in [-0.1, -0.05) is 24.3 Å².